The molecule has 0 radical (unpaired) electrons. The summed E-state index contributed by atoms with van der Waals surface area (Å²) in [5.41, 5.74) is 9.32. The summed E-state index contributed by atoms with van der Waals surface area (Å²) in [5.74, 6) is 0. The molecule has 0 saturated carbocycles. The fourth-order valence-corrected chi connectivity index (χ4v) is 2.76. The molecule has 0 bridgehead atoms. The molecule has 2 rings (SSSR count). The maximum absolute atomic E-state index is 5.76. The minimum absolute atomic E-state index is 0.104. The number of hydrogen-bond donors (Lipinski definition) is 1. The van der Waals surface area contributed by atoms with Crippen LogP contribution >= 0.6 is 11.3 Å². The summed E-state index contributed by atoms with van der Waals surface area (Å²) in [6.07, 6.45) is 0. The highest BCUT2D eigenvalue weighted by molar-refractivity contribution is 7.13. The van der Waals surface area contributed by atoms with Crippen LogP contribution in [0.5, 0.6) is 0 Å². The van der Waals surface area contributed by atoms with Gasteiger partial charge in [-0.2, -0.15) is 0 Å². The Hall–Kier alpha value is -1.19. The third-order valence-corrected chi connectivity index (χ3v) is 3.62. The highest BCUT2D eigenvalue weighted by atomic mass is 32.1. The van der Waals surface area contributed by atoms with Crippen LogP contribution in [-0.2, 0) is 12.0 Å². The van der Waals surface area contributed by atoms with E-state index in [1.165, 1.54) is 0 Å². The van der Waals surface area contributed by atoms with Gasteiger partial charge < -0.3 is 5.73 Å². The van der Waals surface area contributed by atoms with E-state index in [1.54, 1.807) is 11.3 Å². The summed E-state index contributed by atoms with van der Waals surface area (Å²) in [5, 5.41) is 3.21. The van der Waals surface area contributed by atoms with Gasteiger partial charge in [-0.05, 0) is 5.56 Å². The van der Waals surface area contributed by atoms with Crippen LogP contribution < -0.4 is 5.73 Å². The zero-order valence-electron chi connectivity index (χ0n) is 10.5. The van der Waals surface area contributed by atoms with E-state index in [4.69, 9.17) is 10.7 Å². The zero-order chi connectivity index (χ0) is 12.5. The number of rotatable bonds is 2. The molecular weight excluding hydrogens is 228 g/mol. The van der Waals surface area contributed by atoms with Crippen molar-refractivity contribution in [1.82, 2.24) is 4.98 Å². The molecule has 1 heterocycles. The first-order valence-electron chi connectivity index (χ1n) is 5.76. The standard InChI is InChI=1S/C14H18N2S/c1-14(2,3)12-9-17-13(16-12)11-7-5-4-6-10(11)8-15/h4-7,9H,8,15H2,1-3H3. The molecule has 0 spiro atoms. The van der Waals surface area contributed by atoms with Gasteiger partial charge in [0.25, 0.3) is 0 Å². The van der Waals surface area contributed by atoms with Gasteiger partial charge in [-0.3, -0.25) is 0 Å². The van der Waals surface area contributed by atoms with Crippen molar-refractivity contribution in [3.05, 3.63) is 40.9 Å². The van der Waals surface area contributed by atoms with Gasteiger partial charge in [0.15, 0.2) is 0 Å². The highest BCUT2D eigenvalue weighted by Crippen LogP contribution is 2.31. The van der Waals surface area contributed by atoms with Crippen molar-refractivity contribution in [2.45, 2.75) is 32.7 Å². The van der Waals surface area contributed by atoms with Gasteiger partial charge in [0, 0.05) is 22.9 Å². The van der Waals surface area contributed by atoms with Crippen LogP contribution in [0.15, 0.2) is 29.6 Å². The van der Waals surface area contributed by atoms with Crippen molar-refractivity contribution in [1.29, 1.82) is 0 Å². The van der Waals surface area contributed by atoms with Gasteiger partial charge in [-0.1, -0.05) is 45.0 Å². The Labute approximate surface area is 107 Å². The molecule has 1 aromatic heterocycles. The van der Waals surface area contributed by atoms with E-state index in [0.29, 0.717) is 6.54 Å². The lowest BCUT2D eigenvalue weighted by Gasteiger charge is -2.14. The van der Waals surface area contributed by atoms with Crippen molar-refractivity contribution >= 4 is 11.3 Å². The van der Waals surface area contributed by atoms with Crippen molar-refractivity contribution < 1.29 is 0 Å². The average Bonchev–Trinajstić information content (AvgIpc) is 2.77. The number of thiazole rings is 1. The van der Waals surface area contributed by atoms with Crippen molar-refractivity contribution in [2.75, 3.05) is 0 Å². The predicted molar refractivity (Wildman–Crippen MR) is 74.1 cm³/mol. The molecule has 3 heteroatoms. The molecule has 0 amide bonds. The fraction of sp³-hybridized carbons (Fsp3) is 0.357. The number of nitrogens with two attached hydrogens (primary N) is 1. The Kier molecular flexibility index (Phi) is 3.31. The van der Waals surface area contributed by atoms with Crippen LogP contribution in [0.25, 0.3) is 10.6 Å². The van der Waals surface area contributed by atoms with Gasteiger partial charge in [0.05, 0.1) is 5.69 Å². The lowest BCUT2D eigenvalue weighted by Crippen LogP contribution is -2.11. The summed E-state index contributed by atoms with van der Waals surface area (Å²) in [6.45, 7) is 7.10. The Morgan fingerprint density at radius 3 is 2.53 bits per heavy atom. The highest BCUT2D eigenvalue weighted by Gasteiger charge is 2.18. The monoisotopic (exact) mass is 246 g/mol. The second-order valence-electron chi connectivity index (χ2n) is 5.15. The third-order valence-electron chi connectivity index (χ3n) is 2.74. The molecule has 90 valence electrons. The molecule has 2 aromatic rings. The van der Waals surface area contributed by atoms with E-state index in [9.17, 15) is 0 Å². The fourth-order valence-electron chi connectivity index (χ4n) is 1.65. The summed E-state index contributed by atoms with van der Waals surface area (Å²) in [4.78, 5) is 4.72. The van der Waals surface area contributed by atoms with Crippen LogP contribution in [0.1, 0.15) is 32.0 Å². The molecule has 2 nitrogen and oxygen atoms in total. The van der Waals surface area contributed by atoms with E-state index in [-0.39, 0.29) is 5.41 Å². The summed E-state index contributed by atoms with van der Waals surface area (Å²) >= 11 is 1.69. The number of aromatic nitrogens is 1. The third kappa shape index (κ3) is 2.56. The van der Waals surface area contributed by atoms with Crippen LogP contribution in [-0.4, -0.2) is 4.98 Å². The van der Waals surface area contributed by atoms with E-state index in [0.717, 1.165) is 21.8 Å². The summed E-state index contributed by atoms with van der Waals surface area (Å²) in [7, 11) is 0. The quantitative estimate of drug-likeness (QED) is 0.880. The van der Waals surface area contributed by atoms with Gasteiger partial charge in [0.1, 0.15) is 5.01 Å². The molecule has 0 aliphatic rings. The lowest BCUT2D eigenvalue weighted by molar-refractivity contribution is 0.573. The maximum atomic E-state index is 5.76. The predicted octanol–water partition coefficient (Wildman–Crippen LogP) is 3.57. The van der Waals surface area contributed by atoms with Gasteiger partial charge in [-0.15, -0.1) is 11.3 Å². The minimum Gasteiger partial charge on any atom is -0.326 e. The zero-order valence-corrected chi connectivity index (χ0v) is 11.3. The largest absolute Gasteiger partial charge is 0.326 e. The molecule has 0 aliphatic carbocycles. The van der Waals surface area contributed by atoms with Gasteiger partial charge in [-0.25, -0.2) is 4.98 Å². The topological polar surface area (TPSA) is 38.9 Å². The minimum atomic E-state index is 0.104. The van der Waals surface area contributed by atoms with Crippen LogP contribution in [0, 0.1) is 0 Å². The Balaban J connectivity index is 2.44. The van der Waals surface area contributed by atoms with Crippen molar-refractivity contribution in [2.24, 2.45) is 5.73 Å². The van der Waals surface area contributed by atoms with Crippen molar-refractivity contribution in [3.63, 3.8) is 0 Å². The Morgan fingerprint density at radius 1 is 1.24 bits per heavy atom. The van der Waals surface area contributed by atoms with E-state index < -0.39 is 0 Å². The number of hydrogen-bond acceptors (Lipinski definition) is 3. The lowest BCUT2D eigenvalue weighted by atomic mass is 9.93. The van der Waals surface area contributed by atoms with Crippen LogP contribution in [0.2, 0.25) is 0 Å². The first-order chi connectivity index (χ1) is 8.02. The second-order valence-corrected chi connectivity index (χ2v) is 6.01. The van der Waals surface area contributed by atoms with Crippen LogP contribution in [0.4, 0.5) is 0 Å². The molecule has 17 heavy (non-hydrogen) atoms. The normalized spacial score (nSPS) is 11.8. The van der Waals surface area contributed by atoms with E-state index in [1.807, 2.05) is 12.1 Å². The van der Waals surface area contributed by atoms with Crippen LogP contribution in [0.3, 0.4) is 0 Å². The molecule has 0 saturated heterocycles. The number of nitrogens with zero attached hydrogens (tertiary/aromatic N) is 1. The molecule has 0 unspecified atom stereocenters. The molecule has 0 atom stereocenters. The first-order valence-corrected chi connectivity index (χ1v) is 6.64. The Morgan fingerprint density at radius 2 is 1.94 bits per heavy atom. The van der Waals surface area contributed by atoms with Crippen molar-refractivity contribution in [3.8, 4) is 10.6 Å². The molecular formula is C14H18N2S. The molecule has 1 aromatic carbocycles. The molecule has 0 aliphatic heterocycles. The van der Waals surface area contributed by atoms with E-state index >= 15 is 0 Å². The Bertz CT molecular complexity index is 509. The van der Waals surface area contributed by atoms with Gasteiger partial charge in [0.2, 0.25) is 0 Å². The second kappa shape index (κ2) is 4.59. The summed E-state index contributed by atoms with van der Waals surface area (Å²) < 4.78 is 0. The molecule has 0 fully saturated rings. The first kappa shape index (κ1) is 12.3. The molecule has 2 N–H and O–H groups in total. The van der Waals surface area contributed by atoms with E-state index in [2.05, 4.69) is 38.3 Å². The number of benzene rings is 1. The van der Waals surface area contributed by atoms with Gasteiger partial charge >= 0.3 is 0 Å². The average molecular weight is 246 g/mol. The smallest absolute Gasteiger partial charge is 0.123 e. The summed E-state index contributed by atoms with van der Waals surface area (Å²) in [6, 6.07) is 8.21. The maximum Gasteiger partial charge on any atom is 0.123 e. The SMILES string of the molecule is CC(C)(C)c1csc(-c2ccccc2CN)n1.